The van der Waals surface area contributed by atoms with Crippen LogP contribution in [0.4, 0.5) is 11.4 Å². The summed E-state index contributed by atoms with van der Waals surface area (Å²) in [7, 11) is 0. The summed E-state index contributed by atoms with van der Waals surface area (Å²) in [5, 5.41) is 24.8. The van der Waals surface area contributed by atoms with Crippen LogP contribution in [0.3, 0.4) is 0 Å². The number of nitrogens with zero attached hydrogens (tertiary/aromatic N) is 3. The molecule has 0 atom stereocenters. The summed E-state index contributed by atoms with van der Waals surface area (Å²) >= 11 is 0. The van der Waals surface area contributed by atoms with Gasteiger partial charge in [-0.05, 0) is 56.5 Å². The standard InChI is InChI=1S/C24H26N5O2/c1-16(2)27-22-13-20(8-7-19(22)15-26)28-23(30)17-9-11-29(12-10-17)24(31)21-6-4-3-5-18(21)14-25/h3-8,13,15-17,27H,9-12H2,1-2H3,(H,28,30)/q-1. The van der Waals surface area contributed by atoms with Gasteiger partial charge in [0.05, 0.1) is 17.2 Å². The minimum Gasteiger partial charge on any atom is -0.810 e. The second-order valence-electron chi connectivity index (χ2n) is 7.94. The van der Waals surface area contributed by atoms with Crippen LogP contribution >= 0.6 is 0 Å². The lowest BCUT2D eigenvalue weighted by molar-refractivity contribution is -0.121. The number of nitriles is 1. The number of hydrogen-bond donors (Lipinski definition) is 2. The molecule has 2 aromatic carbocycles. The highest BCUT2D eigenvalue weighted by atomic mass is 16.2. The number of hydrogen-bond acceptors (Lipinski definition) is 4. The molecule has 1 saturated heterocycles. The van der Waals surface area contributed by atoms with E-state index in [2.05, 4.69) is 16.7 Å². The van der Waals surface area contributed by atoms with Gasteiger partial charge in [-0.15, -0.1) is 0 Å². The zero-order valence-electron chi connectivity index (χ0n) is 17.8. The maximum Gasteiger partial charge on any atom is 0.255 e. The molecule has 1 heterocycles. The lowest BCUT2D eigenvalue weighted by Crippen LogP contribution is -2.41. The summed E-state index contributed by atoms with van der Waals surface area (Å²) in [4.78, 5) is 27.2. The topological polar surface area (TPSA) is 108 Å². The molecule has 0 bridgehead atoms. The molecule has 2 amide bonds. The molecule has 1 fully saturated rings. The van der Waals surface area contributed by atoms with Crippen molar-refractivity contribution in [3.8, 4) is 6.07 Å². The molecule has 0 aliphatic carbocycles. The maximum absolute atomic E-state index is 12.8. The Labute approximate surface area is 182 Å². The predicted molar refractivity (Wildman–Crippen MR) is 122 cm³/mol. The molecule has 0 spiro atoms. The van der Waals surface area contributed by atoms with Gasteiger partial charge in [-0.3, -0.25) is 9.59 Å². The Morgan fingerprint density at radius 3 is 2.55 bits per heavy atom. The molecule has 0 unspecified atom stereocenters. The minimum absolute atomic E-state index is 0.0826. The SMILES string of the molecule is CC(C)Nc1cc(NC(=O)C2CCN(C(=O)c3ccccc3C#N)CC2)ccc1C=[N-]. The van der Waals surface area contributed by atoms with E-state index in [-0.39, 0.29) is 23.8 Å². The molecule has 160 valence electrons. The molecular formula is C24H26N5O2-. The van der Waals surface area contributed by atoms with E-state index in [0.717, 1.165) is 11.9 Å². The number of nitrogens with one attached hydrogen (secondary N) is 2. The molecule has 7 nitrogen and oxygen atoms in total. The van der Waals surface area contributed by atoms with Crippen molar-refractivity contribution in [3.05, 3.63) is 64.6 Å². The van der Waals surface area contributed by atoms with Crippen LogP contribution in [0, 0.1) is 17.2 Å². The van der Waals surface area contributed by atoms with Gasteiger partial charge in [-0.1, -0.05) is 18.2 Å². The third-order valence-corrected chi connectivity index (χ3v) is 5.33. The smallest absolute Gasteiger partial charge is 0.255 e. The highest BCUT2D eigenvalue weighted by molar-refractivity contribution is 5.98. The van der Waals surface area contributed by atoms with E-state index in [1.807, 2.05) is 13.8 Å². The number of carbonyl (C=O) groups is 2. The third kappa shape index (κ3) is 5.28. The lowest BCUT2D eigenvalue weighted by Gasteiger charge is -2.31. The Balaban J connectivity index is 1.61. The van der Waals surface area contributed by atoms with E-state index in [1.54, 1.807) is 47.4 Å². The summed E-state index contributed by atoms with van der Waals surface area (Å²) in [6.45, 7) is 4.93. The number of anilines is 2. The summed E-state index contributed by atoms with van der Waals surface area (Å²) < 4.78 is 0. The first-order chi connectivity index (χ1) is 14.9. The molecule has 31 heavy (non-hydrogen) atoms. The van der Waals surface area contributed by atoms with Crippen molar-refractivity contribution < 1.29 is 9.59 Å². The van der Waals surface area contributed by atoms with E-state index in [4.69, 9.17) is 0 Å². The molecular weight excluding hydrogens is 390 g/mol. The summed E-state index contributed by atoms with van der Waals surface area (Å²) in [5.74, 6) is -0.446. The van der Waals surface area contributed by atoms with Crippen LogP contribution in [0.15, 0.2) is 42.5 Å². The predicted octanol–water partition coefficient (Wildman–Crippen LogP) is 3.86. The second kappa shape index (κ2) is 9.90. The van der Waals surface area contributed by atoms with Gasteiger partial charge in [0.15, 0.2) is 0 Å². The van der Waals surface area contributed by atoms with Gasteiger partial charge in [0.1, 0.15) is 0 Å². The van der Waals surface area contributed by atoms with Crippen LogP contribution in [0.2, 0.25) is 0 Å². The van der Waals surface area contributed by atoms with Crippen molar-refractivity contribution in [2.75, 3.05) is 23.7 Å². The Bertz CT molecular complexity index is 1020. The number of rotatable bonds is 6. The Morgan fingerprint density at radius 1 is 1.19 bits per heavy atom. The van der Waals surface area contributed by atoms with Gasteiger partial charge in [-0.2, -0.15) is 11.5 Å². The summed E-state index contributed by atoms with van der Waals surface area (Å²) in [6, 6.07) is 14.3. The van der Waals surface area contributed by atoms with Gasteiger partial charge in [0.25, 0.3) is 5.91 Å². The molecule has 7 heteroatoms. The van der Waals surface area contributed by atoms with Crippen molar-refractivity contribution in [3.63, 3.8) is 0 Å². The Hall–Kier alpha value is -3.66. The van der Waals surface area contributed by atoms with E-state index < -0.39 is 0 Å². The van der Waals surface area contributed by atoms with Crippen LogP contribution in [0.25, 0.3) is 5.41 Å². The lowest BCUT2D eigenvalue weighted by atomic mass is 9.95. The first kappa shape index (κ1) is 22.0. The molecule has 0 aromatic heterocycles. The number of carbonyl (C=O) groups excluding carboxylic acids is 2. The van der Waals surface area contributed by atoms with Gasteiger partial charge in [-0.25, -0.2) is 0 Å². The fraction of sp³-hybridized carbons (Fsp3) is 0.333. The van der Waals surface area contributed by atoms with E-state index in [9.17, 15) is 20.3 Å². The average molecular weight is 417 g/mol. The van der Waals surface area contributed by atoms with Crippen molar-refractivity contribution >= 4 is 29.4 Å². The monoisotopic (exact) mass is 416 g/mol. The normalized spacial score (nSPS) is 14.1. The number of amides is 2. The van der Waals surface area contributed by atoms with Gasteiger partial charge >= 0.3 is 0 Å². The van der Waals surface area contributed by atoms with E-state index in [0.29, 0.717) is 48.3 Å². The van der Waals surface area contributed by atoms with Crippen molar-refractivity contribution in [1.29, 1.82) is 5.26 Å². The van der Waals surface area contributed by atoms with Crippen LogP contribution in [-0.4, -0.2) is 42.1 Å². The van der Waals surface area contributed by atoms with Crippen LogP contribution in [-0.2, 0) is 4.79 Å². The Kier molecular flexibility index (Phi) is 7.03. The maximum atomic E-state index is 12.8. The molecule has 1 aliphatic rings. The van der Waals surface area contributed by atoms with Crippen molar-refractivity contribution in [2.45, 2.75) is 32.7 Å². The first-order valence-electron chi connectivity index (χ1n) is 10.4. The molecule has 0 radical (unpaired) electrons. The summed E-state index contributed by atoms with van der Waals surface area (Å²) in [5.41, 5.74) is 2.81. The van der Waals surface area contributed by atoms with Gasteiger partial charge in [0.2, 0.25) is 5.91 Å². The van der Waals surface area contributed by atoms with Gasteiger partial charge < -0.3 is 20.9 Å². The molecule has 2 aromatic rings. The largest absolute Gasteiger partial charge is 0.810 e. The van der Waals surface area contributed by atoms with E-state index >= 15 is 0 Å². The minimum atomic E-state index is -0.194. The highest BCUT2D eigenvalue weighted by Crippen LogP contribution is 2.24. The van der Waals surface area contributed by atoms with Crippen LogP contribution in [0.5, 0.6) is 0 Å². The number of benzene rings is 2. The first-order valence-corrected chi connectivity index (χ1v) is 10.4. The molecule has 3 rings (SSSR count). The quantitative estimate of drug-likeness (QED) is 0.697. The molecule has 1 aliphatic heterocycles. The van der Waals surface area contributed by atoms with Crippen molar-refractivity contribution in [2.24, 2.45) is 5.92 Å². The second-order valence-corrected chi connectivity index (χ2v) is 7.94. The van der Waals surface area contributed by atoms with Crippen LogP contribution in [0.1, 0.15) is 48.2 Å². The summed E-state index contributed by atoms with van der Waals surface area (Å²) in [6.07, 6.45) is 2.16. The van der Waals surface area contributed by atoms with Crippen LogP contribution < -0.4 is 10.6 Å². The fourth-order valence-corrected chi connectivity index (χ4v) is 3.71. The van der Waals surface area contributed by atoms with Crippen molar-refractivity contribution in [1.82, 2.24) is 4.90 Å². The highest BCUT2D eigenvalue weighted by Gasteiger charge is 2.28. The molecule has 0 saturated carbocycles. The average Bonchev–Trinajstić information content (AvgIpc) is 2.78. The zero-order valence-corrected chi connectivity index (χ0v) is 17.8. The number of piperidine rings is 1. The number of likely N-dealkylation sites (tertiary alicyclic amines) is 1. The fourth-order valence-electron chi connectivity index (χ4n) is 3.71. The van der Waals surface area contributed by atoms with E-state index in [1.165, 1.54) is 0 Å². The van der Waals surface area contributed by atoms with Gasteiger partial charge in [0, 0.05) is 36.4 Å². The third-order valence-electron chi connectivity index (χ3n) is 5.33. The molecule has 2 N–H and O–H groups in total. The zero-order chi connectivity index (χ0) is 22.4. The Morgan fingerprint density at radius 2 is 1.90 bits per heavy atom.